The molecular formula is C19H23N3O5S. The molecule has 0 amide bonds. The lowest BCUT2D eigenvalue weighted by atomic mass is 10.1. The predicted molar refractivity (Wildman–Crippen MR) is 107 cm³/mol. The van der Waals surface area contributed by atoms with Crippen LogP contribution in [0.5, 0.6) is 0 Å². The highest BCUT2D eigenvalue weighted by molar-refractivity contribution is 7.92. The first-order valence-corrected chi connectivity index (χ1v) is 10.4. The van der Waals surface area contributed by atoms with Gasteiger partial charge in [0.1, 0.15) is 5.69 Å². The molecule has 1 aliphatic heterocycles. The van der Waals surface area contributed by atoms with E-state index >= 15 is 0 Å². The molecule has 2 atom stereocenters. The number of hydrogen-bond donors (Lipinski definition) is 1. The van der Waals surface area contributed by atoms with Crippen LogP contribution >= 0.6 is 0 Å². The summed E-state index contributed by atoms with van der Waals surface area (Å²) in [4.78, 5) is 13.1. The first kappa shape index (κ1) is 20.1. The summed E-state index contributed by atoms with van der Waals surface area (Å²) in [5.41, 5.74) is 1.38. The summed E-state index contributed by atoms with van der Waals surface area (Å²) in [6, 6.07) is 10.8. The molecule has 0 aliphatic carbocycles. The van der Waals surface area contributed by atoms with Crippen LogP contribution in [0, 0.1) is 17.0 Å². The lowest BCUT2D eigenvalue weighted by Crippen LogP contribution is -2.45. The monoisotopic (exact) mass is 405 g/mol. The molecule has 0 saturated carbocycles. The minimum absolute atomic E-state index is 0.0527. The van der Waals surface area contributed by atoms with Gasteiger partial charge in [0.15, 0.2) is 0 Å². The second-order valence-electron chi connectivity index (χ2n) is 7.04. The summed E-state index contributed by atoms with van der Waals surface area (Å²) in [7, 11) is -3.83. The molecule has 1 saturated heterocycles. The number of rotatable bonds is 5. The third kappa shape index (κ3) is 4.42. The second kappa shape index (κ2) is 7.76. The van der Waals surface area contributed by atoms with Crippen LogP contribution in [0.1, 0.15) is 19.4 Å². The summed E-state index contributed by atoms with van der Waals surface area (Å²) in [5.74, 6) is 0. The van der Waals surface area contributed by atoms with Crippen molar-refractivity contribution in [2.24, 2.45) is 0 Å². The molecule has 2 aromatic carbocycles. The van der Waals surface area contributed by atoms with E-state index in [0.717, 1.165) is 5.56 Å². The summed E-state index contributed by atoms with van der Waals surface area (Å²) in [6.07, 6.45) is -0.105. The maximum Gasteiger partial charge on any atom is 0.294 e. The van der Waals surface area contributed by atoms with Crippen molar-refractivity contribution in [3.05, 3.63) is 58.1 Å². The van der Waals surface area contributed by atoms with Crippen LogP contribution in [-0.2, 0) is 14.8 Å². The van der Waals surface area contributed by atoms with E-state index in [1.807, 2.05) is 25.7 Å². The molecule has 1 heterocycles. The van der Waals surface area contributed by atoms with Crippen LogP contribution in [0.15, 0.2) is 47.4 Å². The second-order valence-corrected chi connectivity index (χ2v) is 8.72. The number of hydrogen-bond acceptors (Lipinski definition) is 6. The van der Waals surface area contributed by atoms with E-state index in [9.17, 15) is 18.5 Å². The van der Waals surface area contributed by atoms with E-state index < -0.39 is 14.9 Å². The number of nitro groups is 1. The zero-order valence-electron chi connectivity index (χ0n) is 16.0. The highest BCUT2D eigenvalue weighted by atomic mass is 32.2. The van der Waals surface area contributed by atoms with Gasteiger partial charge in [0.2, 0.25) is 0 Å². The normalized spacial score (nSPS) is 20.0. The van der Waals surface area contributed by atoms with Gasteiger partial charge in [-0.25, -0.2) is 8.42 Å². The molecule has 0 radical (unpaired) electrons. The summed E-state index contributed by atoms with van der Waals surface area (Å²) >= 11 is 0. The molecule has 9 heteroatoms. The number of ether oxygens (including phenoxy) is 1. The smallest absolute Gasteiger partial charge is 0.294 e. The van der Waals surface area contributed by atoms with Crippen LogP contribution in [0.25, 0.3) is 0 Å². The molecule has 0 bridgehead atoms. The Kier molecular flexibility index (Phi) is 5.57. The Morgan fingerprint density at radius 1 is 1.11 bits per heavy atom. The summed E-state index contributed by atoms with van der Waals surface area (Å²) in [5, 5.41) is 11.6. The molecule has 28 heavy (non-hydrogen) atoms. The highest BCUT2D eigenvalue weighted by Gasteiger charge is 2.28. The minimum Gasteiger partial charge on any atom is -0.372 e. The molecule has 1 N–H and O–H groups in total. The predicted octanol–water partition coefficient (Wildman–Crippen LogP) is 3.32. The van der Waals surface area contributed by atoms with Gasteiger partial charge in [-0.2, -0.15) is 0 Å². The third-order valence-electron chi connectivity index (χ3n) is 4.52. The van der Waals surface area contributed by atoms with E-state index in [1.165, 1.54) is 18.2 Å². The molecule has 3 rings (SSSR count). The van der Waals surface area contributed by atoms with E-state index in [0.29, 0.717) is 18.8 Å². The Balaban J connectivity index is 1.90. The molecule has 8 nitrogen and oxygen atoms in total. The van der Waals surface area contributed by atoms with Crippen molar-refractivity contribution in [3.8, 4) is 0 Å². The number of nitro benzene ring substituents is 1. The van der Waals surface area contributed by atoms with Crippen molar-refractivity contribution in [1.29, 1.82) is 0 Å². The fourth-order valence-electron chi connectivity index (χ4n) is 3.31. The first-order chi connectivity index (χ1) is 13.2. The zero-order valence-corrected chi connectivity index (χ0v) is 16.8. The van der Waals surface area contributed by atoms with Gasteiger partial charge in [-0.05, 0) is 45.0 Å². The molecule has 0 spiro atoms. The van der Waals surface area contributed by atoms with Crippen molar-refractivity contribution in [3.63, 3.8) is 0 Å². The largest absolute Gasteiger partial charge is 0.372 e. The molecular weight excluding hydrogens is 382 g/mol. The summed E-state index contributed by atoms with van der Waals surface area (Å²) < 4.78 is 33.2. The van der Waals surface area contributed by atoms with Gasteiger partial charge < -0.3 is 9.64 Å². The first-order valence-electron chi connectivity index (χ1n) is 8.94. The van der Waals surface area contributed by atoms with E-state index in [-0.39, 0.29) is 28.5 Å². The van der Waals surface area contributed by atoms with Gasteiger partial charge in [0, 0.05) is 19.2 Å². The molecule has 2 aromatic rings. The van der Waals surface area contributed by atoms with Crippen molar-refractivity contribution >= 4 is 27.1 Å². The Hall–Kier alpha value is -2.65. The Bertz CT molecular complexity index is 966. The van der Waals surface area contributed by atoms with E-state index in [2.05, 4.69) is 4.72 Å². The van der Waals surface area contributed by atoms with Gasteiger partial charge in [0.05, 0.1) is 27.7 Å². The highest BCUT2D eigenvalue weighted by Crippen LogP contribution is 2.33. The lowest BCUT2D eigenvalue weighted by molar-refractivity contribution is -0.384. The van der Waals surface area contributed by atoms with Gasteiger partial charge in [0.25, 0.3) is 15.7 Å². The summed E-state index contributed by atoms with van der Waals surface area (Å²) in [6.45, 7) is 6.75. The average molecular weight is 405 g/mol. The van der Waals surface area contributed by atoms with Gasteiger partial charge in [-0.15, -0.1) is 0 Å². The molecule has 1 aliphatic rings. The van der Waals surface area contributed by atoms with Crippen LogP contribution < -0.4 is 9.62 Å². The van der Waals surface area contributed by atoms with E-state index in [1.54, 1.807) is 24.3 Å². The van der Waals surface area contributed by atoms with Gasteiger partial charge in [-0.1, -0.05) is 17.7 Å². The van der Waals surface area contributed by atoms with Crippen LogP contribution in [0.2, 0.25) is 0 Å². The van der Waals surface area contributed by atoms with Crippen molar-refractivity contribution in [2.45, 2.75) is 37.9 Å². The van der Waals surface area contributed by atoms with Crippen LogP contribution in [0.3, 0.4) is 0 Å². The number of aryl methyl sites for hydroxylation is 1. The van der Waals surface area contributed by atoms with Crippen molar-refractivity contribution in [1.82, 2.24) is 0 Å². The Labute approximate surface area is 164 Å². The number of benzene rings is 2. The lowest BCUT2D eigenvalue weighted by Gasteiger charge is -2.36. The number of morpholine rings is 1. The molecule has 1 fully saturated rings. The number of nitrogens with zero attached hydrogens (tertiary/aromatic N) is 2. The topological polar surface area (TPSA) is 102 Å². The Morgan fingerprint density at radius 2 is 1.71 bits per heavy atom. The maximum absolute atomic E-state index is 12.6. The minimum atomic E-state index is -3.83. The number of anilines is 2. The maximum atomic E-state index is 12.6. The molecule has 0 aromatic heterocycles. The van der Waals surface area contributed by atoms with Crippen molar-refractivity contribution < 1.29 is 18.1 Å². The Morgan fingerprint density at radius 3 is 2.29 bits per heavy atom. The average Bonchev–Trinajstić information content (AvgIpc) is 2.60. The quantitative estimate of drug-likeness (QED) is 0.605. The zero-order chi connectivity index (χ0) is 20.5. The standard InChI is InChI=1S/C19H23N3O5S/c1-13-4-7-17(8-5-13)28(25,26)20-16-6-9-18(19(10-16)22(23)24)21-11-14(2)27-15(3)12-21/h4-10,14-15,20H,11-12H2,1-3H3. The van der Waals surface area contributed by atoms with Gasteiger partial charge in [-0.3, -0.25) is 14.8 Å². The molecule has 150 valence electrons. The number of nitrogens with one attached hydrogen (secondary N) is 1. The fourth-order valence-corrected chi connectivity index (χ4v) is 4.36. The van der Waals surface area contributed by atoms with E-state index in [4.69, 9.17) is 4.74 Å². The number of sulfonamides is 1. The van der Waals surface area contributed by atoms with Gasteiger partial charge >= 0.3 is 0 Å². The van der Waals surface area contributed by atoms with Crippen LogP contribution in [-0.4, -0.2) is 38.6 Å². The fraction of sp³-hybridized carbons (Fsp3) is 0.368. The van der Waals surface area contributed by atoms with Crippen molar-refractivity contribution in [2.75, 3.05) is 22.7 Å². The SMILES string of the molecule is Cc1ccc(S(=O)(=O)Nc2ccc(N3CC(C)OC(C)C3)c([N+](=O)[O-])c2)cc1. The third-order valence-corrected chi connectivity index (χ3v) is 5.91. The van der Waals surface area contributed by atoms with Crippen LogP contribution in [0.4, 0.5) is 17.1 Å². The molecule has 2 unspecified atom stereocenters.